The summed E-state index contributed by atoms with van der Waals surface area (Å²) >= 11 is 0. The maximum absolute atomic E-state index is 2.55. The van der Waals surface area contributed by atoms with Crippen LogP contribution in [-0.4, -0.2) is 0 Å². The van der Waals surface area contributed by atoms with E-state index in [1.165, 1.54) is 47.3 Å². The van der Waals surface area contributed by atoms with Crippen LogP contribution in [0.4, 0.5) is 0 Å². The van der Waals surface area contributed by atoms with Crippen molar-refractivity contribution in [2.75, 3.05) is 0 Å². The largest absolute Gasteiger partial charge is 0.0620 e. The van der Waals surface area contributed by atoms with E-state index in [0.29, 0.717) is 0 Å². The van der Waals surface area contributed by atoms with Gasteiger partial charge in [0.05, 0.1) is 0 Å². The second kappa shape index (κ2) is 1.22. The summed E-state index contributed by atoms with van der Waals surface area (Å²) in [5, 5.41) is 0. The zero-order valence-corrected chi connectivity index (χ0v) is 7.77. The Bertz CT molecular complexity index is 244. The van der Waals surface area contributed by atoms with Crippen LogP contribution in [0.1, 0.15) is 13.8 Å². The Morgan fingerprint density at radius 3 is 1.00 bits per heavy atom. The summed E-state index contributed by atoms with van der Waals surface area (Å²) in [6.07, 6.45) is 0. The number of fused-ring (bicyclic) bond motifs is 1. The predicted molar refractivity (Wildman–Crippen MR) is 46.2 cm³/mol. The average molecular weight is 160 g/mol. The van der Waals surface area contributed by atoms with Gasteiger partial charge in [0.15, 0.2) is 0 Å². The standard InChI is InChI=1S/C12H16/c1-3-4(2)6-9-7-5(3)8-10(6)12(8)11(7)9/h3-12H,1-2H3. The Hall–Kier alpha value is 0. The molecule has 64 valence electrons. The molecule has 6 aliphatic rings. The number of hydrogen-bond acceptors (Lipinski definition) is 0. The van der Waals surface area contributed by atoms with Gasteiger partial charge in [-0.1, -0.05) is 13.8 Å². The molecule has 0 nitrogen and oxygen atoms in total. The monoisotopic (exact) mass is 160 g/mol. The van der Waals surface area contributed by atoms with E-state index < -0.39 is 0 Å². The van der Waals surface area contributed by atoms with Crippen molar-refractivity contribution in [2.45, 2.75) is 13.8 Å². The molecule has 0 heterocycles. The van der Waals surface area contributed by atoms with E-state index in [1.807, 2.05) is 0 Å². The van der Waals surface area contributed by atoms with Crippen molar-refractivity contribution < 1.29 is 0 Å². The van der Waals surface area contributed by atoms with Gasteiger partial charge >= 0.3 is 0 Å². The lowest BCUT2D eigenvalue weighted by Crippen LogP contribution is -2.41. The van der Waals surface area contributed by atoms with E-state index in [0.717, 1.165) is 11.8 Å². The van der Waals surface area contributed by atoms with E-state index >= 15 is 0 Å². The molecule has 0 aromatic heterocycles. The van der Waals surface area contributed by atoms with Crippen LogP contribution < -0.4 is 0 Å². The average Bonchev–Trinajstić information content (AvgIpc) is 2.88. The first-order chi connectivity index (χ1) is 5.82. The van der Waals surface area contributed by atoms with Crippen molar-refractivity contribution in [3.63, 3.8) is 0 Å². The molecule has 0 radical (unpaired) electrons. The molecule has 6 aliphatic carbocycles. The molecule has 0 aromatic rings. The van der Waals surface area contributed by atoms with Gasteiger partial charge in [-0.05, 0) is 59.2 Å². The van der Waals surface area contributed by atoms with Crippen molar-refractivity contribution >= 4 is 0 Å². The molecule has 6 saturated carbocycles. The first-order valence-electron chi connectivity index (χ1n) is 5.82. The van der Waals surface area contributed by atoms with Crippen LogP contribution >= 0.6 is 0 Å². The minimum atomic E-state index is 1.09. The molecule has 12 heavy (non-hydrogen) atoms. The van der Waals surface area contributed by atoms with Crippen LogP contribution in [0.5, 0.6) is 0 Å². The Morgan fingerprint density at radius 2 is 0.667 bits per heavy atom. The molecule has 2 bridgehead atoms. The summed E-state index contributed by atoms with van der Waals surface area (Å²) in [7, 11) is 0. The molecule has 0 heteroatoms. The van der Waals surface area contributed by atoms with Crippen LogP contribution in [0, 0.1) is 59.2 Å². The van der Waals surface area contributed by atoms with Crippen molar-refractivity contribution in [1.82, 2.24) is 0 Å². The lowest BCUT2D eigenvalue weighted by atomic mass is 9.60. The van der Waals surface area contributed by atoms with Gasteiger partial charge in [0, 0.05) is 0 Å². The van der Waals surface area contributed by atoms with Crippen molar-refractivity contribution in [3.05, 3.63) is 0 Å². The highest BCUT2D eigenvalue weighted by atomic mass is 14.9. The highest BCUT2D eigenvalue weighted by molar-refractivity contribution is 5.36. The molecule has 6 unspecified atom stereocenters. The van der Waals surface area contributed by atoms with Crippen LogP contribution in [0.3, 0.4) is 0 Å². The van der Waals surface area contributed by atoms with Crippen LogP contribution in [0.15, 0.2) is 0 Å². The van der Waals surface area contributed by atoms with Gasteiger partial charge < -0.3 is 0 Å². The Labute approximate surface area is 73.7 Å². The molecule has 0 aromatic carbocycles. The minimum Gasteiger partial charge on any atom is -0.0620 e. The fourth-order valence-corrected chi connectivity index (χ4v) is 6.47. The van der Waals surface area contributed by atoms with Crippen molar-refractivity contribution in [2.24, 2.45) is 59.2 Å². The summed E-state index contributed by atoms with van der Waals surface area (Å²) in [5.41, 5.74) is 0. The van der Waals surface area contributed by atoms with Gasteiger partial charge in [-0.3, -0.25) is 0 Å². The number of hydrogen-bond donors (Lipinski definition) is 0. The quantitative estimate of drug-likeness (QED) is 0.510. The highest BCUT2D eigenvalue weighted by Gasteiger charge is 2.89. The van der Waals surface area contributed by atoms with E-state index in [9.17, 15) is 0 Å². The molecule has 0 N–H and O–H groups in total. The molecule has 0 saturated heterocycles. The molecule has 6 fully saturated rings. The second-order valence-electron chi connectivity index (χ2n) is 6.34. The van der Waals surface area contributed by atoms with E-state index in [4.69, 9.17) is 0 Å². The number of rotatable bonds is 0. The fraction of sp³-hybridized carbons (Fsp3) is 1.00. The SMILES string of the molecule is CC1C(C)C2C3C4C1C1C2C1C43. The predicted octanol–water partition coefficient (Wildman–Crippen LogP) is 2.26. The summed E-state index contributed by atoms with van der Waals surface area (Å²) in [6.45, 7) is 5.09. The summed E-state index contributed by atoms with van der Waals surface area (Å²) < 4.78 is 0. The maximum atomic E-state index is 2.55. The van der Waals surface area contributed by atoms with Gasteiger partial charge in [0.2, 0.25) is 0 Å². The zero-order chi connectivity index (χ0) is 7.77. The summed E-state index contributed by atoms with van der Waals surface area (Å²) in [6, 6.07) is 0. The summed E-state index contributed by atoms with van der Waals surface area (Å²) in [5.74, 6) is 12.2. The third-order valence-corrected chi connectivity index (χ3v) is 6.65. The lowest BCUT2D eigenvalue weighted by molar-refractivity contribution is 0.0239. The van der Waals surface area contributed by atoms with Crippen LogP contribution in [-0.2, 0) is 0 Å². The minimum absolute atomic E-state index is 1.09. The van der Waals surface area contributed by atoms with Gasteiger partial charge in [0.25, 0.3) is 0 Å². The van der Waals surface area contributed by atoms with E-state index in [1.54, 1.807) is 0 Å². The third kappa shape index (κ3) is 0.300. The zero-order valence-electron chi connectivity index (χ0n) is 7.77. The summed E-state index contributed by atoms with van der Waals surface area (Å²) in [4.78, 5) is 0. The van der Waals surface area contributed by atoms with Crippen molar-refractivity contribution in [1.29, 1.82) is 0 Å². The topological polar surface area (TPSA) is 0 Å². The Morgan fingerprint density at radius 1 is 0.417 bits per heavy atom. The van der Waals surface area contributed by atoms with E-state index in [-0.39, 0.29) is 0 Å². The normalized spacial score (nSPS) is 90.5. The highest BCUT2D eigenvalue weighted by Crippen LogP contribution is 2.93. The van der Waals surface area contributed by atoms with Gasteiger partial charge in [-0.2, -0.15) is 0 Å². The van der Waals surface area contributed by atoms with Crippen LogP contribution in [0.25, 0.3) is 0 Å². The van der Waals surface area contributed by atoms with Gasteiger partial charge in [0.1, 0.15) is 0 Å². The van der Waals surface area contributed by atoms with E-state index in [2.05, 4.69) is 13.8 Å². The smallest absolute Gasteiger partial charge is 0.0312 e. The fourth-order valence-electron chi connectivity index (χ4n) is 6.47. The maximum Gasteiger partial charge on any atom is -0.0312 e. The molecule has 0 aliphatic heterocycles. The molecule has 0 spiro atoms. The molecular formula is C12H16. The third-order valence-electron chi connectivity index (χ3n) is 6.65. The van der Waals surface area contributed by atoms with Gasteiger partial charge in [-0.15, -0.1) is 0 Å². The Kier molecular flexibility index (Phi) is 0.578. The van der Waals surface area contributed by atoms with Crippen LogP contribution in [0.2, 0.25) is 0 Å². The van der Waals surface area contributed by atoms with Gasteiger partial charge in [-0.25, -0.2) is 0 Å². The molecule has 0 amide bonds. The second-order valence-corrected chi connectivity index (χ2v) is 6.34. The molecule has 6 rings (SSSR count). The first-order valence-corrected chi connectivity index (χ1v) is 5.82. The Balaban J connectivity index is 1.79. The lowest BCUT2D eigenvalue weighted by Gasteiger charge is -2.45. The molecule has 6 atom stereocenters. The van der Waals surface area contributed by atoms with Crippen molar-refractivity contribution in [3.8, 4) is 0 Å². The molecular weight excluding hydrogens is 144 g/mol. The first kappa shape index (κ1) is 5.67.